The second-order valence-electron chi connectivity index (χ2n) is 7.19. The van der Waals surface area contributed by atoms with Gasteiger partial charge in [0.05, 0.1) is 17.1 Å². The first-order chi connectivity index (χ1) is 13.4. The van der Waals surface area contributed by atoms with Crippen LogP contribution >= 0.6 is 0 Å². The Balaban J connectivity index is 1.56. The van der Waals surface area contributed by atoms with Crippen LogP contribution in [0.5, 0.6) is 0 Å². The average molecular weight is 377 g/mol. The summed E-state index contributed by atoms with van der Waals surface area (Å²) < 4.78 is 13.1. The molecule has 1 aliphatic heterocycles. The van der Waals surface area contributed by atoms with Crippen molar-refractivity contribution in [1.82, 2.24) is 10.3 Å². The number of pyridine rings is 1. The van der Waals surface area contributed by atoms with Crippen molar-refractivity contribution >= 4 is 28.4 Å². The molecular weight excluding hydrogens is 357 g/mol. The number of nitrogens with zero attached hydrogens (tertiary/aromatic N) is 2. The second kappa shape index (κ2) is 7.03. The molecule has 1 fully saturated rings. The van der Waals surface area contributed by atoms with Crippen LogP contribution in [0.1, 0.15) is 28.0 Å². The van der Waals surface area contributed by atoms with Gasteiger partial charge in [-0.1, -0.05) is 11.6 Å². The van der Waals surface area contributed by atoms with Gasteiger partial charge in [-0.3, -0.25) is 14.6 Å². The fourth-order valence-electron chi connectivity index (χ4n) is 3.60. The van der Waals surface area contributed by atoms with Crippen LogP contribution in [-0.4, -0.2) is 29.4 Å². The van der Waals surface area contributed by atoms with Gasteiger partial charge in [0.1, 0.15) is 5.82 Å². The summed E-state index contributed by atoms with van der Waals surface area (Å²) in [5.41, 5.74) is 3.76. The minimum Gasteiger partial charge on any atom is -0.347 e. The summed E-state index contributed by atoms with van der Waals surface area (Å²) in [7, 11) is 0. The molecule has 3 aromatic rings. The van der Waals surface area contributed by atoms with Crippen molar-refractivity contribution in [1.29, 1.82) is 0 Å². The molecule has 0 aliphatic carbocycles. The largest absolute Gasteiger partial charge is 0.347 e. The van der Waals surface area contributed by atoms with E-state index in [-0.39, 0.29) is 30.1 Å². The molecule has 4 rings (SSSR count). The lowest BCUT2D eigenvalue weighted by molar-refractivity contribution is -0.117. The Morgan fingerprint density at radius 3 is 2.64 bits per heavy atom. The number of carbonyl (C=O) groups excluding carboxylic acids is 2. The molecule has 0 unspecified atom stereocenters. The topological polar surface area (TPSA) is 62.3 Å². The normalized spacial score (nSPS) is 16.6. The minimum atomic E-state index is -0.351. The van der Waals surface area contributed by atoms with Gasteiger partial charge in [-0.25, -0.2) is 4.39 Å². The molecule has 28 heavy (non-hydrogen) atoms. The van der Waals surface area contributed by atoms with Crippen LogP contribution in [0.2, 0.25) is 0 Å². The molecule has 1 aromatic heterocycles. The number of carbonyl (C=O) groups is 2. The van der Waals surface area contributed by atoms with Crippen molar-refractivity contribution in [2.45, 2.75) is 26.3 Å². The van der Waals surface area contributed by atoms with E-state index in [0.29, 0.717) is 17.8 Å². The third-order valence-electron chi connectivity index (χ3n) is 4.94. The smallest absolute Gasteiger partial charge is 0.252 e. The zero-order valence-corrected chi connectivity index (χ0v) is 15.7. The van der Waals surface area contributed by atoms with E-state index in [4.69, 9.17) is 0 Å². The molecule has 0 radical (unpaired) electrons. The summed E-state index contributed by atoms with van der Waals surface area (Å²) in [5, 5.41) is 3.77. The molecule has 142 valence electrons. The van der Waals surface area contributed by atoms with Crippen molar-refractivity contribution in [2.75, 3.05) is 11.4 Å². The molecule has 2 aromatic carbocycles. The number of benzene rings is 2. The number of amides is 2. The van der Waals surface area contributed by atoms with Gasteiger partial charge >= 0.3 is 0 Å². The first-order valence-corrected chi connectivity index (χ1v) is 9.15. The molecule has 1 saturated heterocycles. The van der Waals surface area contributed by atoms with E-state index < -0.39 is 0 Å². The molecule has 1 atom stereocenters. The fraction of sp³-hybridized carbons (Fsp3) is 0.227. The van der Waals surface area contributed by atoms with Crippen molar-refractivity contribution in [3.05, 3.63) is 71.2 Å². The lowest BCUT2D eigenvalue weighted by atomic mass is 10.0. The highest BCUT2D eigenvalue weighted by Gasteiger charge is 2.32. The molecule has 5 nitrogen and oxygen atoms in total. The number of hydrogen-bond donors (Lipinski definition) is 1. The van der Waals surface area contributed by atoms with E-state index in [1.54, 1.807) is 23.1 Å². The predicted molar refractivity (Wildman–Crippen MR) is 106 cm³/mol. The molecular formula is C22H20FN3O2. The van der Waals surface area contributed by atoms with E-state index in [1.807, 2.05) is 32.0 Å². The van der Waals surface area contributed by atoms with E-state index >= 15 is 0 Å². The predicted octanol–water partition coefficient (Wildman–Crippen LogP) is 3.53. The first kappa shape index (κ1) is 18.1. The van der Waals surface area contributed by atoms with Crippen LogP contribution in [0.4, 0.5) is 10.1 Å². The highest BCUT2D eigenvalue weighted by Crippen LogP contribution is 2.24. The van der Waals surface area contributed by atoms with E-state index in [0.717, 1.165) is 22.2 Å². The van der Waals surface area contributed by atoms with E-state index in [1.165, 1.54) is 12.1 Å². The number of anilines is 1. The molecule has 0 saturated carbocycles. The van der Waals surface area contributed by atoms with Crippen molar-refractivity contribution in [3.8, 4) is 0 Å². The van der Waals surface area contributed by atoms with Crippen LogP contribution in [0.15, 0.2) is 48.5 Å². The average Bonchev–Trinajstić information content (AvgIpc) is 3.02. The zero-order valence-electron chi connectivity index (χ0n) is 15.7. The summed E-state index contributed by atoms with van der Waals surface area (Å²) in [5.74, 6) is -0.668. The van der Waals surface area contributed by atoms with Crippen molar-refractivity contribution in [2.24, 2.45) is 0 Å². The fourth-order valence-corrected chi connectivity index (χ4v) is 3.60. The van der Waals surface area contributed by atoms with Crippen molar-refractivity contribution in [3.63, 3.8) is 0 Å². The van der Waals surface area contributed by atoms with Crippen molar-refractivity contribution < 1.29 is 14.0 Å². The van der Waals surface area contributed by atoms with Gasteiger partial charge in [0.2, 0.25) is 5.91 Å². The number of rotatable bonds is 3. The summed E-state index contributed by atoms with van der Waals surface area (Å²) >= 11 is 0. The Hall–Kier alpha value is -3.28. The van der Waals surface area contributed by atoms with Gasteiger partial charge in [-0.2, -0.15) is 0 Å². The number of hydrogen-bond acceptors (Lipinski definition) is 3. The van der Waals surface area contributed by atoms with Gasteiger partial charge in [0, 0.05) is 29.7 Å². The summed E-state index contributed by atoms with van der Waals surface area (Å²) in [6, 6.07) is 13.1. The molecule has 1 aliphatic rings. The molecule has 2 amide bonds. The molecule has 6 heteroatoms. The number of aromatic nitrogens is 1. The van der Waals surface area contributed by atoms with Gasteiger partial charge in [-0.05, 0) is 56.3 Å². The summed E-state index contributed by atoms with van der Waals surface area (Å²) in [6.45, 7) is 4.18. The summed E-state index contributed by atoms with van der Waals surface area (Å²) in [4.78, 5) is 31.4. The Morgan fingerprint density at radius 1 is 1.14 bits per heavy atom. The molecule has 0 bridgehead atoms. The van der Waals surface area contributed by atoms with Crippen LogP contribution in [-0.2, 0) is 4.79 Å². The maximum Gasteiger partial charge on any atom is 0.252 e. The quantitative estimate of drug-likeness (QED) is 0.760. The van der Waals surface area contributed by atoms with Gasteiger partial charge < -0.3 is 10.2 Å². The molecule has 2 heterocycles. The van der Waals surface area contributed by atoms with E-state index in [2.05, 4.69) is 10.3 Å². The van der Waals surface area contributed by atoms with Crippen LogP contribution in [0.3, 0.4) is 0 Å². The third-order valence-corrected chi connectivity index (χ3v) is 4.94. The van der Waals surface area contributed by atoms with Crippen LogP contribution < -0.4 is 10.2 Å². The van der Waals surface area contributed by atoms with Gasteiger partial charge in [-0.15, -0.1) is 0 Å². The zero-order chi connectivity index (χ0) is 19.8. The Morgan fingerprint density at radius 2 is 1.89 bits per heavy atom. The Kier molecular flexibility index (Phi) is 4.55. The Bertz CT molecular complexity index is 1080. The van der Waals surface area contributed by atoms with Gasteiger partial charge in [0.15, 0.2) is 0 Å². The number of aryl methyl sites for hydroxylation is 2. The SMILES string of the molecule is Cc1ccc2nc(C)cc(C(=O)N[C@H]3CC(=O)N(c4ccc(F)cc4)C3)c2c1. The maximum absolute atomic E-state index is 13.1. The van der Waals surface area contributed by atoms with Gasteiger partial charge in [0.25, 0.3) is 5.91 Å². The lowest BCUT2D eigenvalue weighted by Gasteiger charge is -2.17. The van der Waals surface area contributed by atoms with Crippen LogP contribution in [0.25, 0.3) is 10.9 Å². The van der Waals surface area contributed by atoms with E-state index in [9.17, 15) is 14.0 Å². The lowest BCUT2D eigenvalue weighted by Crippen LogP contribution is -2.37. The monoisotopic (exact) mass is 377 g/mol. The number of halogens is 1. The minimum absolute atomic E-state index is 0.0940. The second-order valence-corrected chi connectivity index (χ2v) is 7.19. The highest BCUT2D eigenvalue weighted by atomic mass is 19.1. The highest BCUT2D eigenvalue weighted by molar-refractivity contribution is 6.07. The Labute approximate surface area is 162 Å². The number of fused-ring (bicyclic) bond motifs is 1. The van der Waals surface area contributed by atoms with Crippen LogP contribution in [0, 0.1) is 19.7 Å². The first-order valence-electron chi connectivity index (χ1n) is 9.15. The summed E-state index contributed by atoms with van der Waals surface area (Å²) in [6.07, 6.45) is 0.212. The maximum atomic E-state index is 13.1. The number of nitrogens with one attached hydrogen (secondary N) is 1. The molecule has 0 spiro atoms. The third kappa shape index (κ3) is 3.45. The standard InChI is InChI=1S/C22H20FN3O2/c1-13-3-8-20-18(9-13)19(10-14(2)24-20)22(28)25-16-11-21(27)26(12-16)17-6-4-15(23)5-7-17/h3-10,16H,11-12H2,1-2H3,(H,25,28)/t16-/m0/s1. The molecule has 1 N–H and O–H groups in total.